The zero-order chi connectivity index (χ0) is 16.3. The van der Waals surface area contributed by atoms with E-state index in [0.29, 0.717) is 0 Å². The first-order valence-electron chi connectivity index (χ1n) is 8.20. The predicted molar refractivity (Wildman–Crippen MR) is 93.2 cm³/mol. The highest BCUT2D eigenvalue weighted by Gasteiger charge is 2.00. The summed E-state index contributed by atoms with van der Waals surface area (Å²) in [5.74, 6) is 0.970. The summed E-state index contributed by atoms with van der Waals surface area (Å²) in [4.78, 5) is 7.34. The predicted octanol–water partition coefficient (Wildman–Crippen LogP) is 3.58. The second-order valence-electron chi connectivity index (χ2n) is 5.72. The molecule has 0 radical (unpaired) electrons. The van der Waals surface area contributed by atoms with Gasteiger partial charge in [-0.25, -0.2) is 4.98 Å². The molecule has 0 fully saturated rings. The Hall–Kier alpha value is -1.91. The first kappa shape index (κ1) is 17.4. The van der Waals surface area contributed by atoms with Gasteiger partial charge >= 0.3 is 0 Å². The van der Waals surface area contributed by atoms with E-state index in [1.54, 1.807) is 13.3 Å². The van der Waals surface area contributed by atoms with E-state index in [1.165, 1.54) is 5.56 Å². The number of hydrogen-bond acceptors (Lipinski definition) is 3. The Balaban J connectivity index is 1.73. The lowest BCUT2D eigenvalue weighted by Crippen LogP contribution is -2.01. The maximum Gasteiger partial charge on any atom is 0.110 e. The molecule has 2 aromatic rings. The van der Waals surface area contributed by atoms with Crippen LogP contribution in [0.25, 0.3) is 6.08 Å². The molecule has 1 unspecified atom stereocenters. The molecule has 23 heavy (non-hydrogen) atoms. The molecule has 124 valence electrons. The number of imidazole rings is 1. The molecule has 1 atom stereocenters. The van der Waals surface area contributed by atoms with E-state index in [1.807, 2.05) is 18.3 Å². The fraction of sp³-hybridized carbons (Fsp3) is 0.421. The lowest BCUT2D eigenvalue weighted by Gasteiger charge is -2.05. The number of nitrogens with zero attached hydrogens (tertiary/aromatic N) is 1. The molecule has 0 amide bonds. The summed E-state index contributed by atoms with van der Waals surface area (Å²) in [6.45, 7) is 0.802. The van der Waals surface area contributed by atoms with E-state index in [9.17, 15) is 5.11 Å². The SMILES string of the molecule is COCCCCCC(O)/C=C/c1ccc(Cc2ncc[nH]2)cc1. The van der Waals surface area contributed by atoms with Crippen molar-refractivity contribution < 1.29 is 9.84 Å². The Morgan fingerprint density at radius 2 is 2.04 bits per heavy atom. The lowest BCUT2D eigenvalue weighted by molar-refractivity contribution is 0.184. The van der Waals surface area contributed by atoms with Crippen LogP contribution in [-0.2, 0) is 11.2 Å². The third kappa shape index (κ3) is 6.80. The van der Waals surface area contributed by atoms with Gasteiger partial charge in [-0.3, -0.25) is 0 Å². The zero-order valence-corrected chi connectivity index (χ0v) is 13.7. The van der Waals surface area contributed by atoms with Crippen LogP contribution >= 0.6 is 0 Å². The topological polar surface area (TPSA) is 58.1 Å². The summed E-state index contributed by atoms with van der Waals surface area (Å²) >= 11 is 0. The van der Waals surface area contributed by atoms with Crippen LogP contribution in [0.2, 0.25) is 0 Å². The van der Waals surface area contributed by atoms with Crippen molar-refractivity contribution >= 4 is 6.08 Å². The Morgan fingerprint density at radius 3 is 2.74 bits per heavy atom. The van der Waals surface area contributed by atoms with Gasteiger partial charge in [0.25, 0.3) is 0 Å². The molecule has 0 saturated carbocycles. The fourth-order valence-corrected chi connectivity index (χ4v) is 2.43. The number of unbranched alkanes of at least 4 members (excludes halogenated alkanes) is 2. The number of aliphatic hydroxyl groups excluding tert-OH is 1. The molecule has 1 aromatic heterocycles. The van der Waals surface area contributed by atoms with E-state index in [2.05, 4.69) is 34.2 Å². The van der Waals surface area contributed by atoms with Crippen LogP contribution in [0.1, 0.15) is 42.6 Å². The van der Waals surface area contributed by atoms with Gasteiger partial charge in [0.1, 0.15) is 5.82 Å². The maximum absolute atomic E-state index is 9.96. The number of nitrogens with one attached hydrogen (secondary N) is 1. The summed E-state index contributed by atoms with van der Waals surface area (Å²) in [6, 6.07) is 8.33. The monoisotopic (exact) mass is 314 g/mol. The van der Waals surface area contributed by atoms with Gasteiger partial charge in [0.05, 0.1) is 6.10 Å². The number of aromatic amines is 1. The van der Waals surface area contributed by atoms with Gasteiger partial charge in [-0.1, -0.05) is 49.3 Å². The van der Waals surface area contributed by atoms with Crippen molar-refractivity contribution in [2.24, 2.45) is 0 Å². The maximum atomic E-state index is 9.96. The summed E-state index contributed by atoms with van der Waals surface area (Å²) in [6.07, 6.45) is 11.9. The lowest BCUT2D eigenvalue weighted by atomic mass is 10.1. The molecule has 1 heterocycles. The second kappa shape index (κ2) is 9.98. The van der Waals surface area contributed by atoms with Gasteiger partial charge in [-0.15, -0.1) is 0 Å². The summed E-state index contributed by atoms with van der Waals surface area (Å²) in [5.41, 5.74) is 2.32. The van der Waals surface area contributed by atoms with Crippen molar-refractivity contribution in [3.63, 3.8) is 0 Å². The van der Waals surface area contributed by atoms with Crippen LogP contribution in [0.15, 0.2) is 42.7 Å². The molecule has 0 bridgehead atoms. The highest BCUT2D eigenvalue weighted by atomic mass is 16.5. The molecular weight excluding hydrogens is 288 g/mol. The Labute approximate surface area is 138 Å². The zero-order valence-electron chi connectivity index (χ0n) is 13.7. The van der Waals surface area contributed by atoms with Gasteiger partial charge < -0.3 is 14.8 Å². The van der Waals surface area contributed by atoms with Gasteiger partial charge in [-0.2, -0.15) is 0 Å². The Morgan fingerprint density at radius 1 is 1.22 bits per heavy atom. The number of benzene rings is 1. The Kier molecular flexibility index (Phi) is 7.57. The van der Waals surface area contributed by atoms with Gasteiger partial charge in [-0.05, 0) is 24.0 Å². The second-order valence-corrected chi connectivity index (χ2v) is 5.72. The van der Waals surface area contributed by atoms with Crippen LogP contribution in [0, 0.1) is 0 Å². The number of aromatic nitrogens is 2. The first-order chi connectivity index (χ1) is 11.3. The van der Waals surface area contributed by atoms with Crippen molar-refractivity contribution in [1.29, 1.82) is 0 Å². The van der Waals surface area contributed by atoms with Gasteiger partial charge in [0.15, 0.2) is 0 Å². The number of ether oxygens (including phenoxy) is 1. The average Bonchev–Trinajstić information content (AvgIpc) is 3.07. The molecule has 4 nitrogen and oxygen atoms in total. The van der Waals surface area contributed by atoms with Crippen molar-refractivity contribution in [1.82, 2.24) is 9.97 Å². The van der Waals surface area contributed by atoms with Gasteiger partial charge in [0, 0.05) is 32.5 Å². The fourth-order valence-electron chi connectivity index (χ4n) is 2.43. The number of aliphatic hydroxyl groups is 1. The molecule has 0 saturated heterocycles. The van der Waals surface area contributed by atoms with E-state index in [0.717, 1.165) is 50.1 Å². The minimum absolute atomic E-state index is 0.375. The average molecular weight is 314 g/mol. The molecule has 4 heteroatoms. The van der Waals surface area contributed by atoms with Crippen LogP contribution in [0.4, 0.5) is 0 Å². The van der Waals surface area contributed by atoms with E-state index in [-0.39, 0.29) is 6.10 Å². The highest BCUT2D eigenvalue weighted by molar-refractivity contribution is 5.50. The molecule has 2 rings (SSSR count). The highest BCUT2D eigenvalue weighted by Crippen LogP contribution is 2.11. The molecule has 0 spiro atoms. The molecule has 0 aliphatic rings. The van der Waals surface area contributed by atoms with Crippen molar-refractivity contribution in [2.45, 2.75) is 38.2 Å². The summed E-state index contributed by atoms with van der Waals surface area (Å²) < 4.78 is 5.01. The van der Waals surface area contributed by atoms with Crippen LogP contribution in [-0.4, -0.2) is 34.9 Å². The smallest absolute Gasteiger partial charge is 0.110 e. The minimum atomic E-state index is -0.375. The van der Waals surface area contributed by atoms with Crippen molar-refractivity contribution in [2.75, 3.05) is 13.7 Å². The first-order valence-corrected chi connectivity index (χ1v) is 8.20. The number of rotatable bonds is 10. The molecule has 0 aliphatic carbocycles. The third-order valence-corrected chi connectivity index (χ3v) is 3.77. The number of hydrogen-bond donors (Lipinski definition) is 2. The normalized spacial score (nSPS) is 12.8. The van der Waals surface area contributed by atoms with Crippen LogP contribution < -0.4 is 0 Å². The summed E-state index contributed by atoms with van der Waals surface area (Å²) in [5, 5.41) is 9.96. The third-order valence-electron chi connectivity index (χ3n) is 3.77. The molecule has 2 N–H and O–H groups in total. The quantitative estimate of drug-likeness (QED) is 0.659. The summed E-state index contributed by atoms with van der Waals surface area (Å²) in [7, 11) is 1.72. The van der Waals surface area contributed by atoms with Crippen LogP contribution in [0.5, 0.6) is 0 Å². The molecule has 0 aliphatic heterocycles. The Bertz CT molecular complexity index is 562. The van der Waals surface area contributed by atoms with Crippen molar-refractivity contribution in [3.8, 4) is 0 Å². The number of H-pyrrole nitrogens is 1. The van der Waals surface area contributed by atoms with E-state index in [4.69, 9.17) is 4.74 Å². The largest absolute Gasteiger partial charge is 0.389 e. The molecule has 1 aromatic carbocycles. The van der Waals surface area contributed by atoms with Crippen LogP contribution in [0.3, 0.4) is 0 Å². The van der Waals surface area contributed by atoms with E-state index < -0.39 is 0 Å². The van der Waals surface area contributed by atoms with E-state index >= 15 is 0 Å². The molecular formula is C19H26N2O2. The van der Waals surface area contributed by atoms with Crippen molar-refractivity contribution in [3.05, 3.63) is 59.7 Å². The van der Waals surface area contributed by atoms with Gasteiger partial charge in [0.2, 0.25) is 0 Å². The number of methoxy groups -OCH3 is 1. The minimum Gasteiger partial charge on any atom is -0.389 e. The standard InChI is InChI=1S/C19H26N2O2/c1-23-14-4-2-3-5-18(22)11-10-16-6-8-17(9-7-16)15-19-20-12-13-21-19/h6-13,18,22H,2-5,14-15H2,1H3,(H,20,21)/b11-10+.